The van der Waals surface area contributed by atoms with Crippen molar-refractivity contribution in [1.82, 2.24) is 5.32 Å². The summed E-state index contributed by atoms with van der Waals surface area (Å²) in [5.74, 6) is -0.303. The molecule has 0 aromatic heterocycles. The molecule has 0 spiro atoms. The van der Waals surface area contributed by atoms with E-state index >= 15 is 0 Å². The standard InChI is InChI=1S/C13H15BrN2O4/c1-20-9-6-5-8(7-9)15-13(17)10-3-2-4-11(12(10)14)16(18)19/h2-4,8-9H,5-7H2,1H3,(H,15,17)/t8-,9+/m1/s1. The number of benzene rings is 1. The third-order valence-corrected chi connectivity index (χ3v) is 4.31. The zero-order valence-corrected chi connectivity index (χ0v) is 12.6. The molecule has 1 aliphatic carbocycles. The molecule has 0 radical (unpaired) electrons. The number of hydrogen-bond acceptors (Lipinski definition) is 4. The van der Waals surface area contributed by atoms with Gasteiger partial charge >= 0.3 is 0 Å². The van der Waals surface area contributed by atoms with Crippen LogP contribution in [0.1, 0.15) is 29.6 Å². The molecule has 1 aromatic rings. The van der Waals surface area contributed by atoms with Crippen molar-refractivity contribution in [3.63, 3.8) is 0 Å². The van der Waals surface area contributed by atoms with Crippen LogP contribution in [0.2, 0.25) is 0 Å². The van der Waals surface area contributed by atoms with Gasteiger partial charge in [-0.3, -0.25) is 14.9 Å². The quantitative estimate of drug-likeness (QED) is 0.673. The van der Waals surface area contributed by atoms with E-state index in [4.69, 9.17) is 4.74 Å². The number of hydrogen-bond donors (Lipinski definition) is 1. The van der Waals surface area contributed by atoms with Crippen molar-refractivity contribution >= 4 is 27.5 Å². The molecule has 7 heteroatoms. The number of nitrogens with zero attached hydrogens (tertiary/aromatic N) is 1. The van der Waals surface area contributed by atoms with Gasteiger partial charge in [0.15, 0.2) is 0 Å². The van der Waals surface area contributed by atoms with Crippen LogP contribution in [0.3, 0.4) is 0 Å². The van der Waals surface area contributed by atoms with Gasteiger partial charge in [-0.15, -0.1) is 0 Å². The first kappa shape index (κ1) is 14.9. The van der Waals surface area contributed by atoms with Crippen molar-refractivity contribution in [2.75, 3.05) is 7.11 Å². The summed E-state index contributed by atoms with van der Waals surface area (Å²) in [5, 5.41) is 13.7. The predicted molar refractivity (Wildman–Crippen MR) is 76.7 cm³/mol. The largest absolute Gasteiger partial charge is 0.381 e. The second-order valence-electron chi connectivity index (χ2n) is 4.74. The normalized spacial score (nSPS) is 21.7. The molecule has 1 N–H and O–H groups in total. The Kier molecular flexibility index (Phi) is 4.72. The topological polar surface area (TPSA) is 81.5 Å². The average Bonchev–Trinajstić information content (AvgIpc) is 2.86. The molecule has 1 aliphatic rings. The number of methoxy groups -OCH3 is 1. The molecule has 1 amide bonds. The first-order valence-corrected chi connectivity index (χ1v) is 7.08. The molecular weight excluding hydrogens is 328 g/mol. The average molecular weight is 343 g/mol. The molecule has 0 bridgehead atoms. The van der Waals surface area contributed by atoms with Crippen molar-refractivity contribution in [2.24, 2.45) is 0 Å². The minimum Gasteiger partial charge on any atom is -0.381 e. The highest BCUT2D eigenvalue weighted by Gasteiger charge is 2.27. The van der Waals surface area contributed by atoms with Crippen molar-refractivity contribution in [1.29, 1.82) is 0 Å². The molecule has 6 nitrogen and oxygen atoms in total. The Morgan fingerprint density at radius 2 is 2.25 bits per heavy atom. The van der Waals surface area contributed by atoms with E-state index in [1.165, 1.54) is 12.1 Å². The van der Waals surface area contributed by atoms with Crippen LogP contribution in [0.4, 0.5) is 5.69 Å². The van der Waals surface area contributed by atoms with Crippen molar-refractivity contribution in [3.8, 4) is 0 Å². The van der Waals surface area contributed by atoms with Crippen LogP contribution in [-0.4, -0.2) is 30.1 Å². The maximum absolute atomic E-state index is 12.2. The SMILES string of the molecule is CO[C@H]1CC[C@@H](NC(=O)c2cccc([N+](=O)[O-])c2Br)C1. The van der Waals surface area contributed by atoms with E-state index in [0.717, 1.165) is 19.3 Å². The number of halogens is 1. The van der Waals surface area contributed by atoms with Gasteiger partial charge in [0.1, 0.15) is 4.47 Å². The van der Waals surface area contributed by atoms with E-state index < -0.39 is 4.92 Å². The monoisotopic (exact) mass is 342 g/mol. The zero-order chi connectivity index (χ0) is 14.7. The minimum absolute atomic E-state index is 0.0543. The molecule has 0 aliphatic heterocycles. The summed E-state index contributed by atoms with van der Waals surface area (Å²) >= 11 is 3.13. The van der Waals surface area contributed by atoms with Crippen molar-refractivity contribution in [3.05, 3.63) is 38.3 Å². The molecule has 0 saturated heterocycles. The highest BCUT2D eigenvalue weighted by Crippen LogP contribution is 2.29. The number of carbonyl (C=O) groups excluding carboxylic acids is 1. The lowest BCUT2D eigenvalue weighted by Gasteiger charge is -2.13. The first-order chi connectivity index (χ1) is 9.52. The second kappa shape index (κ2) is 6.32. The summed E-state index contributed by atoms with van der Waals surface area (Å²) in [4.78, 5) is 22.5. The lowest BCUT2D eigenvalue weighted by Crippen LogP contribution is -2.33. The Labute approximate surface area is 124 Å². The van der Waals surface area contributed by atoms with Gasteiger partial charge in [0.05, 0.1) is 16.6 Å². The van der Waals surface area contributed by atoms with Gasteiger partial charge < -0.3 is 10.1 Å². The van der Waals surface area contributed by atoms with Gasteiger partial charge in [-0.25, -0.2) is 0 Å². The number of nitro benzene ring substituents is 1. The van der Waals surface area contributed by atoms with Crippen LogP contribution in [0.15, 0.2) is 22.7 Å². The van der Waals surface area contributed by atoms with E-state index in [0.29, 0.717) is 0 Å². The molecule has 1 fully saturated rings. The fourth-order valence-electron chi connectivity index (χ4n) is 2.38. The van der Waals surface area contributed by atoms with Crippen LogP contribution in [-0.2, 0) is 4.74 Å². The molecule has 108 valence electrons. The Morgan fingerprint density at radius 1 is 1.50 bits per heavy atom. The fraction of sp³-hybridized carbons (Fsp3) is 0.462. The van der Waals surface area contributed by atoms with E-state index in [-0.39, 0.29) is 33.8 Å². The van der Waals surface area contributed by atoms with Crippen LogP contribution in [0.5, 0.6) is 0 Å². The minimum atomic E-state index is -0.516. The summed E-state index contributed by atoms with van der Waals surface area (Å²) in [6.07, 6.45) is 2.72. The summed E-state index contributed by atoms with van der Waals surface area (Å²) in [6.45, 7) is 0. The molecule has 2 atom stereocenters. The van der Waals surface area contributed by atoms with Gasteiger partial charge in [0.25, 0.3) is 11.6 Å². The number of carbonyl (C=O) groups is 1. The summed E-state index contributed by atoms with van der Waals surface area (Å²) in [5.41, 5.74) is 0.166. The maximum Gasteiger partial charge on any atom is 0.284 e. The van der Waals surface area contributed by atoms with Crippen LogP contribution < -0.4 is 5.32 Å². The molecule has 1 aromatic carbocycles. The molecule has 0 unspecified atom stereocenters. The Bertz CT molecular complexity index is 535. The number of nitro groups is 1. The van der Waals surface area contributed by atoms with Gasteiger partial charge in [0, 0.05) is 19.2 Å². The van der Waals surface area contributed by atoms with Gasteiger partial charge in [-0.05, 0) is 41.3 Å². The third kappa shape index (κ3) is 3.16. The van der Waals surface area contributed by atoms with Gasteiger partial charge in [0.2, 0.25) is 0 Å². The van der Waals surface area contributed by atoms with E-state index in [1.807, 2.05) is 0 Å². The van der Waals surface area contributed by atoms with Gasteiger partial charge in [-0.2, -0.15) is 0 Å². The summed E-state index contributed by atoms with van der Waals surface area (Å²) < 4.78 is 5.46. The molecule has 2 rings (SSSR count). The zero-order valence-electron chi connectivity index (χ0n) is 11.0. The Hall–Kier alpha value is -1.47. The lowest BCUT2D eigenvalue weighted by molar-refractivity contribution is -0.385. The molecular formula is C13H15BrN2O4. The van der Waals surface area contributed by atoms with Crippen LogP contribution in [0, 0.1) is 10.1 Å². The van der Waals surface area contributed by atoms with Gasteiger partial charge in [-0.1, -0.05) is 6.07 Å². The predicted octanol–water partition coefficient (Wildman–Crippen LogP) is 2.65. The molecule has 0 heterocycles. The highest BCUT2D eigenvalue weighted by atomic mass is 79.9. The van der Waals surface area contributed by atoms with E-state index in [9.17, 15) is 14.9 Å². The maximum atomic E-state index is 12.2. The first-order valence-electron chi connectivity index (χ1n) is 6.29. The van der Waals surface area contributed by atoms with Crippen molar-refractivity contribution < 1.29 is 14.5 Å². The Balaban J connectivity index is 2.10. The second-order valence-corrected chi connectivity index (χ2v) is 5.53. The number of rotatable bonds is 4. The number of ether oxygens (including phenoxy) is 1. The lowest BCUT2D eigenvalue weighted by atomic mass is 10.1. The smallest absolute Gasteiger partial charge is 0.284 e. The van der Waals surface area contributed by atoms with Crippen LogP contribution in [0.25, 0.3) is 0 Å². The fourth-order valence-corrected chi connectivity index (χ4v) is 2.97. The number of amides is 1. The number of nitrogens with one attached hydrogen (secondary N) is 1. The van der Waals surface area contributed by atoms with E-state index in [1.54, 1.807) is 13.2 Å². The highest BCUT2D eigenvalue weighted by molar-refractivity contribution is 9.10. The third-order valence-electron chi connectivity index (χ3n) is 3.47. The molecule has 20 heavy (non-hydrogen) atoms. The summed E-state index contributed by atoms with van der Waals surface area (Å²) in [6, 6.07) is 4.48. The molecule has 1 saturated carbocycles. The Morgan fingerprint density at radius 3 is 2.85 bits per heavy atom. The van der Waals surface area contributed by atoms with Crippen molar-refractivity contribution in [2.45, 2.75) is 31.4 Å². The van der Waals surface area contributed by atoms with E-state index in [2.05, 4.69) is 21.2 Å². The van der Waals surface area contributed by atoms with Crippen LogP contribution >= 0.6 is 15.9 Å². The summed E-state index contributed by atoms with van der Waals surface area (Å²) in [7, 11) is 1.66.